The first-order valence-corrected chi connectivity index (χ1v) is 9.26. The summed E-state index contributed by atoms with van der Waals surface area (Å²) < 4.78 is 5.37. The number of rotatable bonds is 5. The number of anilines is 1. The normalized spacial score (nSPS) is 10.4. The zero-order chi connectivity index (χ0) is 20.1. The number of halogens is 2. The summed E-state index contributed by atoms with van der Waals surface area (Å²) in [5.41, 5.74) is 1.91. The summed E-state index contributed by atoms with van der Waals surface area (Å²) in [5.74, 6) is -0.884. The molecule has 28 heavy (non-hydrogen) atoms. The molecule has 0 aliphatic rings. The van der Waals surface area contributed by atoms with Gasteiger partial charge in [-0.1, -0.05) is 59.6 Å². The van der Waals surface area contributed by atoms with Gasteiger partial charge in [0, 0.05) is 12.7 Å². The van der Waals surface area contributed by atoms with Crippen molar-refractivity contribution in [1.82, 2.24) is 0 Å². The first-order chi connectivity index (χ1) is 13.5. The third kappa shape index (κ3) is 4.53. The summed E-state index contributed by atoms with van der Waals surface area (Å²) in [5, 5.41) is 0.812. The highest BCUT2D eigenvalue weighted by Crippen LogP contribution is 2.23. The Kier molecular flexibility index (Phi) is 6.34. The summed E-state index contributed by atoms with van der Waals surface area (Å²) in [7, 11) is 1.66. The SMILES string of the molecule is CN(C(=O)c1ccccc1C(=O)OCc1ccc(Cl)c(Cl)c1)c1ccccc1. The molecule has 0 spiro atoms. The number of ether oxygens (including phenoxy) is 1. The molecule has 0 aromatic heterocycles. The lowest BCUT2D eigenvalue weighted by Crippen LogP contribution is -2.28. The number of hydrogen-bond donors (Lipinski definition) is 0. The van der Waals surface area contributed by atoms with Gasteiger partial charge >= 0.3 is 5.97 Å². The molecule has 142 valence electrons. The van der Waals surface area contributed by atoms with E-state index in [4.69, 9.17) is 27.9 Å². The van der Waals surface area contributed by atoms with Crippen LogP contribution in [0.25, 0.3) is 0 Å². The molecule has 0 bridgehead atoms. The van der Waals surface area contributed by atoms with Crippen molar-refractivity contribution in [3.05, 3.63) is 99.5 Å². The van der Waals surface area contributed by atoms with E-state index in [9.17, 15) is 9.59 Å². The van der Waals surface area contributed by atoms with Gasteiger partial charge in [-0.2, -0.15) is 0 Å². The third-order valence-electron chi connectivity index (χ3n) is 4.18. The van der Waals surface area contributed by atoms with Gasteiger partial charge in [0.25, 0.3) is 5.91 Å². The van der Waals surface area contributed by atoms with E-state index in [-0.39, 0.29) is 23.6 Å². The Bertz CT molecular complexity index is 1010. The van der Waals surface area contributed by atoms with Crippen LogP contribution in [0.2, 0.25) is 10.0 Å². The fourth-order valence-electron chi connectivity index (χ4n) is 2.65. The largest absolute Gasteiger partial charge is 0.457 e. The minimum Gasteiger partial charge on any atom is -0.457 e. The maximum Gasteiger partial charge on any atom is 0.339 e. The Balaban J connectivity index is 1.78. The van der Waals surface area contributed by atoms with E-state index in [1.165, 1.54) is 4.90 Å². The van der Waals surface area contributed by atoms with Crippen LogP contribution in [0.5, 0.6) is 0 Å². The summed E-state index contributed by atoms with van der Waals surface area (Å²) in [6.45, 7) is 0.0206. The van der Waals surface area contributed by atoms with E-state index < -0.39 is 5.97 Å². The topological polar surface area (TPSA) is 46.6 Å². The van der Waals surface area contributed by atoms with Crippen molar-refractivity contribution in [2.24, 2.45) is 0 Å². The fourth-order valence-corrected chi connectivity index (χ4v) is 2.97. The van der Waals surface area contributed by atoms with Crippen molar-refractivity contribution >= 4 is 40.8 Å². The highest BCUT2D eigenvalue weighted by atomic mass is 35.5. The highest BCUT2D eigenvalue weighted by molar-refractivity contribution is 6.42. The quantitative estimate of drug-likeness (QED) is 0.509. The summed E-state index contributed by atoms with van der Waals surface area (Å²) in [6.07, 6.45) is 0. The van der Waals surface area contributed by atoms with E-state index in [1.54, 1.807) is 49.5 Å². The summed E-state index contributed by atoms with van der Waals surface area (Å²) in [6, 6.07) is 20.8. The second-order valence-electron chi connectivity index (χ2n) is 6.07. The summed E-state index contributed by atoms with van der Waals surface area (Å²) in [4.78, 5) is 27.0. The molecule has 3 rings (SSSR count). The van der Waals surface area contributed by atoms with Crippen molar-refractivity contribution in [3.8, 4) is 0 Å². The van der Waals surface area contributed by atoms with Gasteiger partial charge in [0.05, 0.1) is 21.2 Å². The minimum atomic E-state index is -0.587. The van der Waals surface area contributed by atoms with E-state index in [1.807, 2.05) is 30.3 Å². The van der Waals surface area contributed by atoms with Gasteiger partial charge in [-0.3, -0.25) is 4.79 Å². The zero-order valence-corrected chi connectivity index (χ0v) is 16.6. The second kappa shape index (κ2) is 8.91. The molecular formula is C22H17Cl2NO3. The molecule has 0 aliphatic heterocycles. The Morgan fingerprint density at radius 2 is 1.50 bits per heavy atom. The lowest BCUT2D eigenvalue weighted by molar-refractivity contribution is 0.0470. The number of esters is 1. The average Bonchev–Trinajstić information content (AvgIpc) is 2.74. The lowest BCUT2D eigenvalue weighted by atomic mass is 10.1. The van der Waals surface area contributed by atoms with Crippen LogP contribution in [0.3, 0.4) is 0 Å². The number of nitrogens with zero attached hydrogens (tertiary/aromatic N) is 1. The van der Waals surface area contributed by atoms with Crippen molar-refractivity contribution < 1.29 is 14.3 Å². The predicted octanol–water partition coefficient (Wildman–Crippen LogP) is 5.63. The molecular weight excluding hydrogens is 397 g/mol. The van der Waals surface area contributed by atoms with Gasteiger partial charge in [-0.15, -0.1) is 0 Å². The molecule has 0 heterocycles. The predicted molar refractivity (Wildman–Crippen MR) is 111 cm³/mol. The molecule has 0 unspecified atom stereocenters. The van der Waals surface area contributed by atoms with Gasteiger partial charge in [-0.05, 0) is 42.0 Å². The van der Waals surface area contributed by atoms with E-state index in [0.29, 0.717) is 15.6 Å². The molecule has 1 amide bonds. The monoisotopic (exact) mass is 413 g/mol. The van der Waals surface area contributed by atoms with Crippen molar-refractivity contribution in [2.45, 2.75) is 6.61 Å². The first-order valence-electron chi connectivity index (χ1n) is 8.50. The first kappa shape index (κ1) is 19.9. The van der Waals surface area contributed by atoms with Crippen LogP contribution in [-0.4, -0.2) is 18.9 Å². The number of carbonyl (C=O) groups is 2. The van der Waals surface area contributed by atoms with Crippen LogP contribution >= 0.6 is 23.2 Å². The molecule has 3 aromatic carbocycles. The highest BCUT2D eigenvalue weighted by Gasteiger charge is 2.21. The van der Waals surface area contributed by atoms with E-state index >= 15 is 0 Å². The number of carbonyl (C=O) groups excluding carboxylic acids is 2. The van der Waals surface area contributed by atoms with Crippen molar-refractivity contribution in [3.63, 3.8) is 0 Å². The molecule has 0 saturated heterocycles. The molecule has 0 aliphatic carbocycles. The van der Waals surface area contributed by atoms with E-state index in [2.05, 4.69) is 0 Å². The molecule has 3 aromatic rings. The maximum absolute atomic E-state index is 12.9. The van der Waals surface area contributed by atoms with Crippen molar-refractivity contribution in [1.29, 1.82) is 0 Å². The number of benzene rings is 3. The number of para-hydroxylation sites is 1. The minimum absolute atomic E-state index is 0.0206. The molecule has 0 fully saturated rings. The fraction of sp³-hybridized carbons (Fsp3) is 0.0909. The Hall–Kier alpha value is -2.82. The third-order valence-corrected chi connectivity index (χ3v) is 4.92. The molecule has 0 N–H and O–H groups in total. The van der Waals surface area contributed by atoms with Crippen LogP contribution < -0.4 is 4.90 Å². The van der Waals surface area contributed by atoms with Crippen molar-refractivity contribution in [2.75, 3.05) is 11.9 Å². The van der Waals surface area contributed by atoms with E-state index in [0.717, 1.165) is 5.69 Å². The molecule has 4 nitrogen and oxygen atoms in total. The van der Waals surface area contributed by atoms with Crippen LogP contribution in [0.4, 0.5) is 5.69 Å². The Labute approximate surface area is 173 Å². The zero-order valence-electron chi connectivity index (χ0n) is 15.1. The Morgan fingerprint density at radius 1 is 0.857 bits per heavy atom. The van der Waals surface area contributed by atoms with Gasteiger partial charge < -0.3 is 9.64 Å². The van der Waals surface area contributed by atoms with Crippen LogP contribution in [0.15, 0.2) is 72.8 Å². The average molecular weight is 414 g/mol. The smallest absolute Gasteiger partial charge is 0.339 e. The van der Waals surface area contributed by atoms with Crippen LogP contribution in [0.1, 0.15) is 26.3 Å². The number of amides is 1. The van der Waals surface area contributed by atoms with Gasteiger partial charge in [-0.25, -0.2) is 4.79 Å². The molecule has 0 saturated carbocycles. The number of hydrogen-bond acceptors (Lipinski definition) is 3. The van der Waals surface area contributed by atoms with Crippen LogP contribution in [-0.2, 0) is 11.3 Å². The molecule has 6 heteroatoms. The lowest BCUT2D eigenvalue weighted by Gasteiger charge is -2.18. The van der Waals surface area contributed by atoms with Gasteiger partial charge in [0.1, 0.15) is 6.61 Å². The molecule has 0 atom stereocenters. The summed E-state index contributed by atoms with van der Waals surface area (Å²) >= 11 is 11.9. The maximum atomic E-state index is 12.9. The Morgan fingerprint density at radius 3 is 2.18 bits per heavy atom. The van der Waals surface area contributed by atoms with Gasteiger partial charge in [0.2, 0.25) is 0 Å². The molecule has 0 radical (unpaired) electrons. The van der Waals surface area contributed by atoms with Crippen LogP contribution in [0, 0.1) is 0 Å². The standard InChI is InChI=1S/C22H17Cl2NO3/c1-25(16-7-3-2-4-8-16)21(26)17-9-5-6-10-18(17)22(27)28-14-15-11-12-19(23)20(24)13-15/h2-13H,14H2,1H3. The second-order valence-corrected chi connectivity index (χ2v) is 6.88. The van der Waals surface area contributed by atoms with Gasteiger partial charge in [0.15, 0.2) is 0 Å².